The summed E-state index contributed by atoms with van der Waals surface area (Å²) in [5.74, 6) is -0.365. The van der Waals surface area contributed by atoms with Crippen LogP contribution >= 0.6 is 0 Å². The average molecular weight is 370 g/mol. The SMILES string of the molecule is CCC(CC)CC(=O)Cc1c(C)cccc1C.O=C(O)c1ccccc1O. The van der Waals surface area contributed by atoms with Gasteiger partial charge in [-0.1, -0.05) is 57.0 Å². The second-order valence-corrected chi connectivity index (χ2v) is 6.79. The molecule has 0 unspecified atom stereocenters. The van der Waals surface area contributed by atoms with E-state index in [0.717, 1.165) is 19.3 Å². The molecule has 146 valence electrons. The van der Waals surface area contributed by atoms with Gasteiger partial charge < -0.3 is 10.2 Å². The largest absolute Gasteiger partial charge is 0.507 e. The Labute approximate surface area is 161 Å². The smallest absolute Gasteiger partial charge is 0.339 e. The highest BCUT2D eigenvalue weighted by molar-refractivity contribution is 5.90. The third-order valence-corrected chi connectivity index (χ3v) is 4.82. The zero-order chi connectivity index (χ0) is 20.4. The van der Waals surface area contributed by atoms with Crippen LogP contribution in [0.5, 0.6) is 5.75 Å². The maximum absolute atomic E-state index is 12.0. The van der Waals surface area contributed by atoms with Gasteiger partial charge in [-0.2, -0.15) is 0 Å². The van der Waals surface area contributed by atoms with Crippen LogP contribution in [0, 0.1) is 19.8 Å². The van der Waals surface area contributed by atoms with E-state index in [1.165, 1.54) is 28.8 Å². The van der Waals surface area contributed by atoms with Crippen LogP contribution in [0.2, 0.25) is 0 Å². The summed E-state index contributed by atoms with van der Waals surface area (Å²) >= 11 is 0. The van der Waals surface area contributed by atoms with Gasteiger partial charge in [0.1, 0.15) is 17.1 Å². The van der Waals surface area contributed by atoms with E-state index in [-0.39, 0.29) is 11.3 Å². The summed E-state index contributed by atoms with van der Waals surface area (Å²) in [6.07, 6.45) is 3.56. The van der Waals surface area contributed by atoms with Crippen molar-refractivity contribution in [2.75, 3.05) is 0 Å². The molecular weight excluding hydrogens is 340 g/mol. The number of carboxylic acid groups (broad SMARTS) is 1. The number of phenols is 1. The molecule has 4 heteroatoms. The molecular formula is C23H30O4. The topological polar surface area (TPSA) is 74.6 Å². The van der Waals surface area contributed by atoms with Crippen molar-refractivity contribution < 1.29 is 19.8 Å². The Hall–Kier alpha value is -2.62. The minimum Gasteiger partial charge on any atom is -0.507 e. The fourth-order valence-electron chi connectivity index (χ4n) is 2.95. The van der Waals surface area contributed by atoms with Crippen LogP contribution in [0.4, 0.5) is 0 Å². The third kappa shape index (κ3) is 7.26. The molecule has 0 aliphatic carbocycles. The van der Waals surface area contributed by atoms with Crippen molar-refractivity contribution in [2.24, 2.45) is 5.92 Å². The quantitative estimate of drug-likeness (QED) is 0.690. The molecule has 0 fully saturated rings. The Kier molecular flexibility index (Phi) is 9.27. The van der Waals surface area contributed by atoms with Crippen molar-refractivity contribution in [2.45, 2.75) is 53.4 Å². The van der Waals surface area contributed by atoms with Crippen molar-refractivity contribution in [1.82, 2.24) is 0 Å². The number of benzene rings is 2. The van der Waals surface area contributed by atoms with Crippen molar-refractivity contribution in [3.8, 4) is 5.75 Å². The third-order valence-electron chi connectivity index (χ3n) is 4.82. The molecule has 0 bridgehead atoms. The van der Waals surface area contributed by atoms with Crippen molar-refractivity contribution in [3.05, 3.63) is 64.7 Å². The molecule has 2 rings (SSSR count). The number of hydrogen-bond acceptors (Lipinski definition) is 3. The van der Waals surface area contributed by atoms with E-state index in [0.29, 0.717) is 18.1 Å². The van der Waals surface area contributed by atoms with Gasteiger partial charge >= 0.3 is 5.97 Å². The van der Waals surface area contributed by atoms with Gasteiger partial charge in [0.15, 0.2) is 0 Å². The van der Waals surface area contributed by atoms with Crippen LogP contribution in [0.3, 0.4) is 0 Å². The van der Waals surface area contributed by atoms with Crippen LogP contribution in [0.25, 0.3) is 0 Å². The molecule has 0 saturated heterocycles. The summed E-state index contributed by atoms with van der Waals surface area (Å²) in [6, 6.07) is 12.0. The lowest BCUT2D eigenvalue weighted by molar-refractivity contribution is -0.119. The second kappa shape index (κ2) is 11.2. The van der Waals surface area contributed by atoms with Gasteiger partial charge in [0.2, 0.25) is 0 Å². The molecule has 0 saturated carbocycles. The number of carboxylic acids is 1. The Morgan fingerprint density at radius 3 is 1.93 bits per heavy atom. The summed E-state index contributed by atoms with van der Waals surface area (Å²) in [4.78, 5) is 22.3. The van der Waals surface area contributed by atoms with E-state index >= 15 is 0 Å². The van der Waals surface area contributed by atoms with Crippen LogP contribution < -0.4 is 0 Å². The molecule has 0 spiro atoms. The zero-order valence-corrected chi connectivity index (χ0v) is 16.7. The van der Waals surface area contributed by atoms with Crippen molar-refractivity contribution in [1.29, 1.82) is 0 Å². The van der Waals surface area contributed by atoms with Gasteiger partial charge in [0.05, 0.1) is 0 Å². The Morgan fingerprint density at radius 2 is 1.48 bits per heavy atom. The Balaban J connectivity index is 0.000000309. The number of aryl methyl sites for hydroxylation is 2. The molecule has 0 aliphatic heterocycles. The first kappa shape index (κ1) is 22.4. The molecule has 2 N–H and O–H groups in total. The van der Waals surface area contributed by atoms with E-state index in [1.807, 2.05) is 0 Å². The normalized spacial score (nSPS) is 10.3. The number of aromatic carboxylic acids is 1. The summed E-state index contributed by atoms with van der Waals surface area (Å²) in [5, 5.41) is 17.3. The van der Waals surface area contributed by atoms with Gasteiger partial charge in [-0.25, -0.2) is 4.79 Å². The highest BCUT2D eigenvalue weighted by atomic mass is 16.4. The summed E-state index contributed by atoms with van der Waals surface area (Å²) < 4.78 is 0. The molecule has 2 aromatic rings. The van der Waals surface area contributed by atoms with Crippen LogP contribution in [-0.2, 0) is 11.2 Å². The number of carbonyl (C=O) groups is 2. The van der Waals surface area contributed by atoms with E-state index in [1.54, 1.807) is 12.1 Å². The first-order valence-corrected chi connectivity index (χ1v) is 9.38. The lowest BCUT2D eigenvalue weighted by Crippen LogP contribution is -2.11. The van der Waals surface area contributed by atoms with Crippen LogP contribution in [-0.4, -0.2) is 22.0 Å². The first-order chi connectivity index (χ1) is 12.8. The van der Waals surface area contributed by atoms with Gasteiger partial charge in [-0.15, -0.1) is 0 Å². The molecule has 0 atom stereocenters. The molecule has 0 amide bonds. The molecule has 4 nitrogen and oxygen atoms in total. The van der Waals surface area contributed by atoms with E-state index in [9.17, 15) is 9.59 Å². The predicted octanol–water partition coefficient (Wildman–Crippen LogP) is 5.33. The predicted molar refractivity (Wildman–Crippen MR) is 108 cm³/mol. The van der Waals surface area contributed by atoms with Gasteiger partial charge in [-0.05, 0) is 48.6 Å². The minimum absolute atomic E-state index is 0.0671. The molecule has 0 radical (unpaired) electrons. The number of rotatable bonds is 7. The molecule has 2 aromatic carbocycles. The molecule has 0 heterocycles. The minimum atomic E-state index is -1.11. The average Bonchev–Trinajstić information content (AvgIpc) is 2.63. The fraction of sp³-hybridized carbons (Fsp3) is 0.391. The standard InChI is InChI=1S/C16H24O.C7H6O3/c1-5-14(6-2)10-15(17)11-16-12(3)8-7-9-13(16)4;8-6-4-2-1-3-5(6)7(9)10/h7-9,14H,5-6,10-11H2,1-4H3;1-4,8H,(H,9,10). The number of Topliss-reactive ketones (excluding diaryl/α,β-unsaturated/α-hetero) is 1. The van der Waals surface area contributed by atoms with E-state index in [4.69, 9.17) is 10.2 Å². The summed E-state index contributed by atoms with van der Waals surface area (Å²) in [6.45, 7) is 8.51. The van der Waals surface area contributed by atoms with E-state index in [2.05, 4.69) is 45.9 Å². The Bertz CT molecular complexity index is 740. The first-order valence-electron chi connectivity index (χ1n) is 9.38. The fourth-order valence-corrected chi connectivity index (χ4v) is 2.95. The number of para-hydroxylation sites is 1. The maximum Gasteiger partial charge on any atom is 0.339 e. The number of ketones is 1. The second-order valence-electron chi connectivity index (χ2n) is 6.79. The van der Waals surface area contributed by atoms with Gasteiger partial charge in [0.25, 0.3) is 0 Å². The summed E-state index contributed by atoms with van der Waals surface area (Å²) in [5.41, 5.74) is 3.64. The number of carbonyl (C=O) groups excluding carboxylic acids is 1. The zero-order valence-electron chi connectivity index (χ0n) is 16.7. The lowest BCUT2D eigenvalue weighted by Gasteiger charge is -2.13. The van der Waals surface area contributed by atoms with Crippen LogP contribution in [0.1, 0.15) is 60.2 Å². The van der Waals surface area contributed by atoms with Crippen LogP contribution in [0.15, 0.2) is 42.5 Å². The molecule has 27 heavy (non-hydrogen) atoms. The van der Waals surface area contributed by atoms with Crippen molar-refractivity contribution in [3.63, 3.8) is 0 Å². The number of aromatic hydroxyl groups is 1. The maximum atomic E-state index is 12.0. The van der Waals surface area contributed by atoms with Gasteiger partial charge in [-0.3, -0.25) is 4.79 Å². The van der Waals surface area contributed by atoms with Gasteiger partial charge in [0, 0.05) is 12.8 Å². The molecule has 0 aromatic heterocycles. The highest BCUT2D eigenvalue weighted by Gasteiger charge is 2.13. The van der Waals surface area contributed by atoms with E-state index < -0.39 is 5.97 Å². The molecule has 0 aliphatic rings. The lowest BCUT2D eigenvalue weighted by atomic mass is 9.91. The highest BCUT2D eigenvalue weighted by Crippen LogP contribution is 2.18. The summed E-state index contributed by atoms with van der Waals surface area (Å²) in [7, 11) is 0. The van der Waals surface area contributed by atoms with Crippen molar-refractivity contribution >= 4 is 11.8 Å². The Morgan fingerprint density at radius 1 is 0.926 bits per heavy atom. The monoisotopic (exact) mass is 370 g/mol. The number of hydrogen-bond donors (Lipinski definition) is 2.